The lowest BCUT2D eigenvalue weighted by Gasteiger charge is -2.29. The molecule has 37 heavy (non-hydrogen) atoms. The normalized spacial score (nSPS) is 13.2. The van der Waals surface area contributed by atoms with Crippen LogP contribution in [0.2, 0.25) is 0 Å². The van der Waals surface area contributed by atoms with Crippen molar-refractivity contribution >= 4 is 16.1 Å². The second kappa shape index (κ2) is 14.5. The Morgan fingerprint density at radius 3 is 2.08 bits per heavy atom. The van der Waals surface area contributed by atoms with Gasteiger partial charge < -0.3 is 19.9 Å². The topological polar surface area (TPSA) is 105 Å². The lowest BCUT2D eigenvalue weighted by molar-refractivity contribution is 0.0871. The largest absolute Gasteiger partial charge is 0.445 e. The third-order valence-electron chi connectivity index (χ3n) is 5.81. The molecule has 1 amide bonds. The Morgan fingerprint density at radius 2 is 1.49 bits per heavy atom. The summed E-state index contributed by atoms with van der Waals surface area (Å²) in [6.45, 7) is 0.386. The molecule has 0 aromatic heterocycles. The number of aliphatic hydroxyl groups excluding tert-OH is 1. The van der Waals surface area contributed by atoms with Gasteiger partial charge in [0.25, 0.3) is 0 Å². The summed E-state index contributed by atoms with van der Waals surface area (Å²) in [5, 5.41) is 14.0. The Hall–Kier alpha value is -3.24. The Morgan fingerprint density at radius 1 is 0.919 bits per heavy atom. The van der Waals surface area contributed by atoms with E-state index in [0.29, 0.717) is 19.4 Å². The van der Waals surface area contributed by atoms with Crippen molar-refractivity contribution in [3.8, 4) is 0 Å². The molecule has 0 aliphatic heterocycles. The number of carbonyl (C=O) groups excluding carboxylic acids is 1. The number of aliphatic hydroxyl groups is 1. The molecule has 2 atom stereocenters. The molecule has 198 valence electrons. The number of nitrogens with one attached hydrogen (secondary N) is 1. The number of hydrogen-bond donors (Lipinski definition) is 2. The van der Waals surface area contributed by atoms with Crippen LogP contribution in [-0.2, 0) is 32.5 Å². The van der Waals surface area contributed by atoms with Gasteiger partial charge in [-0.1, -0.05) is 78.9 Å². The molecular weight excluding hydrogens is 492 g/mol. The number of sulfonamides is 1. The van der Waals surface area contributed by atoms with E-state index in [4.69, 9.17) is 9.47 Å². The minimum Gasteiger partial charge on any atom is -0.445 e. The van der Waals surface area contributed by atoms with E-state index in [1.165, 1.54) is 16.4 Å². The molecule has 0 spiro atoms. The van der Waals surface area contributed by atoms with Crippen LogP contribution < -0.4 is 5.32 Å². The third-order valence-corrected chi connectivity index (χ3v) is 7.69. The standard InChI is InChI=1S/C28H34N2O6S/c1-35-19-11-18-30(37(33,34)25-16-9-4-10-17-25)21-27(31)26(20-23-12-5-2-6-13-23)29-28(32)36-22-24-14-7-3-8-15-24/h2-10,12-17,26-27,31H,11,18-22H2,1H3,(H,29,32)/t26-,27+/m0/s1. The summed E-state index contributed by atoms with van der Waals surface area (Å²) in [6, 6.07) is 25.9. The number of benzene rings is 3. The number of amides is 1. The van der Waals surface area contributed by atoms with Crippen molar-refractivity contribution in [1.29, 1.82) is 0 Å². The quantitative estimate of drug-likeness (QED) is 0.311. The number of hydrogen-bond acceptors (Lipinski definition) is 6. The first-order valence-electron chi connectivity index (χ1n) is 12.1. The van der Waals surface area contributed by atoms with E-state index in [2.05, 4.69) is 5.32 Å². The summed E-state index contributed by atoms with van der Waals surface area (Å²) >= 11 is 0. The summed E-state index contributed by atoms with van der Waals surface area (Å²) in [5.74, 6) is 0. The molecule has 0 radical (unpaired) electrons. The second-order valence-electron chi connectivity index (χ2n) is 8.59. The van der Waals surface area contributed by atoms with Crippen LogP contribution >= 0.6 is 0 Å². The highest BCUT2D eigenvalue weighted by Crippen LogP contribution is 2.18. The zero-order valence-corrected chi connectivity index (χ0v) is 21.7. The van der Waals surface area contributed by atoms with Crippen molar-refractivity contribution in [2.75, 3.05) is 26.8 Å². The predicted molar refractivity (Wildman–Crippen MR) is 141 cm³/mol. The Balaban J connectivity index is 1.76. The molecule has 3 aromatic rings. The summed E-state index contributed by atoms with van der Waals surface area (Å²) in [4.78, 5) is 12.8. The molecule has 3 rings (SSSR count). The molecule has 0 unspecified atom stereocenters. The van der Waals surface area contributed by atoms with Gasteiger partial charge in [0.15, 0.2) is 0 Å². The highest BCUT2D eigenvalue weighted by atomic mass is 32.2. The number of ether oxygens (including phenoxy) is 2. The molecule has 0 saturated heterocycles. The molecule has 0 heterocycles. The Labute approximate surface area is 218 Å². The summed E-state index contributed by atoms with van der Waals surface area (Å²) in [6.07, 6.45) is -1.16. The van der Waals surface area contributed by atoms with Gasteiger partial charge in [-0.3, -0.25) is 0 Å². The van der Waals surface area contributed by atoms with Gasteiger partial charge in [-0.05, 0) is 36.1 Å². The second-order valence-corrected chi connectivity index (χ2v) is 10.5. The first kappa shape index (κ1) is 28.3. The van der Waals surface area contributed by atoms with Gasteiger partial charge in [0.1, 0.15) is 6.61 Å². The fraction of sp³-hybridized carbons (Fsp3) is 0.321. The molecule has 9 heteroatoms. The summed E-state index contributed by atoms with van der Waals surface area (Å²) < 4.78 is 38.5. The minimum atomic E-state index is -3.88. The smallest absolute Gasteiger partial charge is 0.407 e. The van der Waals surface area contributed by atoms with E-state index in [1.54, 1.807) is 25.3 Å². The van der Waals surface area contributed by atoms with Gasteiger partial charge in [-0.2, -0.15) is 4.31 Å². The SMILES string of the molecule is COCCCN(C[C@@H](O)[C@H](Cc1ccccc1)NC(=O)OCc1ccccc1)S(=O)(=O)c1ccccc1. The third kappa shape index (κ3) is 8.98. The maximum atomic E-state index is 13.4. The van der Waals surface area contributed by atoms with E-state index in [0.717, 1.165) is 11.1 Å². The highest BCUT2D eigenvalue weighted by Gasteiger charge is 2.30. The molecule has 8 nitrogen and oxygen atoms in total. The average molecular weight is 527 g/mol. The van der Waals surface area contributed by atoms with Crippen LogP contribution in [0.1, 0.15) is 17.5 Å². The fourth-order valence-corrected chi connectivity index (χ4v) is 5.36. The van der Waals surface area contributed by atoms with Gasteiger partial charge in [0.05, 0.1) is 17.0 Å². The molecular formula is C28H34N2O6S. The van der Waals surface area contributed by atoms with Crippen LogP contribution in [0.15, 0.2) is 95.9 Å². The number of carbonyl (C=O) groups is 1. The van der Waals surface area contributed by atoms with Crippen LogP contribution in [0.4, 0.5) is 4.79 Å². The molecule has 0 fully saturated rings. The molecule has 3 aromatic carbocycles. The van der Waals surface area contributed by atoms with E-state index in [-0.39, 0.29) is 24.6 Å². The van der Waals surface area contributed by atoms with E-state index in [9.17, 15) is 18.3 Å². The number of rotatable bonds is 14. The van der Waals surface area contributed by atoms with Crippen molar-refractivity contribution in [2.24, 2.45) is 0 Å². The monoisotopic (exact) mass is 526 g/mol. The molecule has 0 saturated carbocycles. The number of methoxy groups -OCH3 is 1. The van der Waals surface area contributed by atoms with E-state index >= 15 is 0 Å². The Kier molecular flexibility index (Phi) is 11.1. The van der Waals surface area contributed by atoms with Crippen LogP contribution in [0.25, 0.3) is 0 Å². The van der Waals surface area contributed by atoms with Gasteiger partial charge in [0, 0.05) is 26.8 Å². The lowest BCUT2D eigenvalue weighted by Crippen LogP contribution is -2.50. The first-order valence-corrected chi connectivity index (χ1v) is 13.6. The minimum absolute atomic E-state index is 0.0757. The molecule has 0 aliphatic carbocycles. The van der Waals surface area contributed by atoms with Gasteiger partial charge >= 0.3 is 6.09 Å². The number of alkyl carbamates (subject to hydrolysis) is 1. The van der Waals surface area contributed by atoms with Crippen LogP contribution in [-0.4, -0.2) is 62.9 Å². The lowest BCUT2D eigenvalue weighted by atomic mass is 10.0. The van der Waals surface area contributed by atoms with Crippen molar-refractivity contribution < 1.29 is 27.8 Å². The van der Waals surface area contributed by atoms with Crippen molar-refractivity contribution in [2.45, 2.75) is 36.5 Å². The van der Waals surface area contributed by atoms with E-state index in [1.807, 2.05) is 60.7 Å². The van der Waals surface area contributed by atoms with Gasteiger partial charge in [0.2, 0.25) is 10.0 Å². The summed E-state index contributed by atoms with van der Waals surface area (Å²) in [5.41, 5.74) is 1.71. The van der Waals surface area contributed by atoms with Crippen molar-refractivity contribution in [3.63, 3.8) is 0 Å². The zero-order chi connectivity index (χ0) is 26.5. The molecule has 0 aliphatic rings. The van der Waals surface area contributed by atoms with E-state index < -0.39 is 28.3 Å². The maximum Gasteiger partial charge on any atom is 0.407 e. The van der Waals surface area contributed by atoms with Crippen molar-refractivity contribution in [3.05, 3.63) is 102 Å². The average Bonchev–Trinajstić information content (AvgIpc) is 2.92. The zero-order valence-electron chi connectivity index (χ0n) is 20.9. The van der Waals surface area contributed by atoms with Crippen LogP contribution in [0.5, 0.6) is 0 Å². The fourth-order valence-electron chi connectivity index (χ4n) is 3.84. The predicted octanol–water partition coefficient (Wildman–Crippen LogP) is 3.61. The summed E-state index contributed by atoms with van der Waals surface area (Å²) in [7, 11) is -2.34. The molecule has 0 bridgehead atoms. The number of nitrogens with zero attached hydrogens (tertiary/aromatic N) is 1. The first-order chi connectivity index (χ1) is 17.9. The van der Waals surface area contributed by atoms with Crippen LogP contribution in [0.3, 0.4) is 0 Å². The van der Waals surface area contributed by atoms with Gasteiger partial charge in [-0.25, -0.2) is 13.2 Å². The van der Waals surface area contributed by atoms with Gasteiger partial charge in [-0.15, -0.1) is 0 Å². The Bertz CT molecular complexity index is 1180. The molecule has 2 N–H and O–H groups in total. The highest BCUT2D eigenvalue weighted by molar-refractivity contribution is 7.89. The maximum absolute atomic E-state index is 13.4. The van der Waals surface area contributed by atoms with Crippen LogP contribution in [0, 0.1) is 0 Å². The van der Waals surface area contributed by atoms with Crippen molar-refractivity contribution in [1.82, 2.24) is 9.62 Å².